The third-order valence-corrected chi connectivity index (χ3v) is 3.06. The van der Waals surface area contributed by atoms with Crippen LogP contribution >= 0.6 is 0 Å². The number of benzene rings is 1. The van der Waals surface area contributed by atoms with Crippen LogP contribution in [0.2, 0.25) is 0 Å². The van der Waals surface area contributed by atoms with E-state index in [0.717, 1.165) is 11.3 Å². The molecule has 0 unspecified atom stereocenters. The van der Waals surface area contributed by atoms with E-state index in [2.05, 4.69) is 9.97 Å². The molecule has 2 rings (SSSR count). The Morgan fingerprint density at radius 1 is 1.17 bits per heavy atom. The van der Waals surface area contributed by atoms with Crippen LogP contribution in [-0.2, 0) is 5.41 Å². The number of fused-ring (bicyclic) bond motifs is 1. The van der Waals surface area contributed by atoms with E-state index < -0.39 is 0 Å². The molecule has 3 heteroatoms. The minimum Gasteiger partial charge on any atom is -0.253 e. The van der Waals surface area contributed by atoms with Crippen molar-refractivity contribution in [1.29, 1.82) is 0 Å². The summed E-state index contributed by atoms with van der Waals surface area (Å²) in [7, 11) is 0. The number of hydrogen-bond donors (Lipinski definition) is 0. The lowest BCUT2D eigenvalue weighted by Crippen LogP contribution is -2.14. The quantitative estimate of drug-likeness (QED) is 0.754. The van der Waals surface area contributed by atoms with Gasteiger partial charge in [-0.05, 0) is 23.6 Å². The monoisotopic (exact) mass is 246 g/mol. The fourth-order valence-corrected chi connectivity index (χ4v) is 1.79. The minimum atomic E-state index is -0.283. The summed E-state index contributed by atoms with van der Waals surface area (Å²) in [5, 5.41) is 0. The van der Waals surface area contributed by atoms with Gasteiger partial charge in [0.2, 0.25) is 0 Å². The number of halogens is 1. The molecular formula is C15H19FN2. The molecule has 1 aromatic heterocycles. The minimum absolute atomic E-state index is 0.121. The molecule has 0 aliphatic rings. The highest BCUT2D eigenvalue weighted by Crippen LogP contribution is 2.25. The lowest BCUT2D eigenvalue weighted by Gasteiger charge is -2.17. The van der Waals surface area contributed by atoms with Crippen LogP contribution in [0.5, 0.6) is 0 Å². The van der Waals surface area contributed by atoms with E-state index in [9.17, 15) is 4.39 Å². The largest absolute Gasteiger partial charge is 0.253 e. The van der Waals surface area contributed by atoms with Gasteiger partial charge in [-0.1, -0.05) is 34.6 Å². The van der Waals surface area contributed by atoms with Crippen molar-refractivity contribution in [3.63, 3.8) is 0 Å². The fraction of sp³-hybridized carbons (Fsp3) is 0.467. The average Bonchev–Trinajstić information content (AvgIpc) is 2.27. The predicted octanol–water partition coefficient (Wildman–Crippen LogP) is 4.19. The topological polar surface area (TPSA) is 25.8 Å². The molecule has 0 bridgehead atoms. The van der Waals surface area contributed by atoms with Crippen molar-refractivity contribution in [1.82, 2.24) is 9.97 Å². The number of hydrogen-bond acceptors (Lipinski definition) is 2. The van der Waals surface area contributed by atoms with Crippen molar-refractivity contribution < 1.29 is 4.39 Å². The van der Waals surface area contributed by atoms with E-state index in [4.69, 9.17) is 0 Å². The summed E-state index contributed by atoms with van der Waals surface area (Å²) in [5.41, 5.74) is 2.65. The second kappa shape index (κ2) is 4.30. The van der Waals surface area contributed by atoms with Crippen LogP contribution in [0.4, 0.5) is 4.39 Å². The Morgan fingerprint density at radius 3 is 2.39 bits per heavy atom. The normalized spacial score (nSPS) is 12.4. The Hall–Kier alpha value is -1.51. The number of nitrogens with zero attached hydrogens (tertiary/aromatic N) is 2. The van der Waals surface area contributed by atoms with Crippen molar-refractivity contribution in [3.05, 3.63) is 35.4 Å². The van der Waals surface area contributed by atoms with Crippen molar-refractivity contribution in [2.45, 2.75) is 46.0 Å². The van der Waals surface area contributed by atoms with Gasteiger partial charge in [-0.2, -0.15) is 0 Å². The first-order chi connectivity index (χ1) is 8.29. The van der Waals surface area contributed by atoms with Crippen molar-refractivity contribution >= 4 is 11.0 Å². The van der Waals surface area contributed by atoms with Crippen LogP contribution in [0, 0.1) is 5.82 Å². The van der Waals surface area contributed by atoms with Crippen molar-refractivity contribution in [3.8, 4) is 0 Å². The van der Waals surface area contributed by atoms with E-state index in [1.165, 1.54) is 0 Å². The summed E-state index contributed by atoms with van der Waals surface area (Å²) in [5.74, 6) is 0.00259. The summed E-state index contributed by atoms with van der Waals surface area (Å²) < 4.78 is 14.1. The zero-order chi connectivity index (χ0) is 13.5. The van der Waals surface area contributed by atoms with Gasteiger partial charge in [0.05, 0.1) is 11.2 Å². The van der Waals surface area contributed by atoms with Crippen molar-refractivity contribution in [2.24, 2.45) is 0 Å². The maximum atomic E-state index is 14.1. The number of rotatable bonds is 1. The van der Waals surface area contributed by atoms with Gasteiger partial charge >= 0.3 is 0 Å². The Balaban J connectivity index is 2.66. The molecule has 0 N–H and O–H groups in total. The van der Waals surface area contributed by atoms with Gasteiger partial charge in [0.1, 0.15) is 5.52 Å². The lowest BCUT2D eigenvalue weighted by molar-refractivity contribution is 0.565. The molecule has 0 amide bonds. The van der Waals surface area contributed by atoms with E-state index in [1.807, 2.05) is 40.7 Å². The molecule has 2 nitrogen and oxygen atoms in total. The molecule has 0 radical (unpaired) electrons. The van der Waals surface area contributed by atoms with Gasteiger partial charge in [0.15, 0.2) is 5.82 Å². The SMILES string of the molecule is CC(C)c1cc(F)c2nc(C(C)(C)C)cnc2c1. The van der Waals surface area contributed by atoms with Crippen LogP contribution in [0.25, 0.3) is 11.0 Å². The zero-order valence-electron chi connectivity index (χ0n) is 11.6. The molecule has 0 saturated carbocycles. The molecule has 0 atom stereocenters. The van der Waals surface area contributed by atoms with Crippen LogP contribution in [0.15, 0.2) is 18.3 Å². The predicted molar refractivity (Wildman–Crippen MR) is 72.3 cm³/mol. The highest BCUT2D eigenvalue weighted by atomic mass is 19.1. The first-order valence-electron chi connectivity index (χ1n) is 6.25. The Morgan fingerprint density at radius 2 is 1.83 bits per heavy atom. The third kappa shape index (κ3) is 2.35. The highest BCUT2D eigenvalue weighted by molar-refractivity contribution is 5.76. The second-order valence-electron chi connectivity index (χ2n) is 6.03. The summed E-state index contributed by atoms with van der Waals surface area (Å²) in [4.78, 5) is 8.76. The summed E-state index contributed by atoms with van der Waals surface area (Å²) in [6.45, 7) is 10.2. The Bertz CT molecular complexity index is 583. The van der Waals surface area contributed by atoms with Crippen LogP contribution in [0.1, 0.15) is 51.8 Å². The Kier molecular flexibility index (Phi) is 3.09. The first-order valence-corrected chi connectivity index (χ1v) is 6.25. The molecule has 18 heavy (non-hydrogen) atoms. The standard InChI is InChI=1S/C15H19FN2/c1-9(2)10-6-11(16)14-12(7-10)17-8-13(18-14)15(3,4)5/h6-9H,1-5H3. The maximum Gasteiger partial charge on any atom is 0.151 e. The summed E-state index contributed by atoms with van der Waals surface area (Å²) in [6.07, 6.45) is 1.74. The second-order valence-corrected chi connectivity index (χ2v) is 6.03. The van der Waals surface area contributed by atoms with Crippen LogP contribution < -0.4 is 0 Å². The molecule has 0 saturated heterocycles. The van der Waals surface area contributed by atoms with Gasteiger partial charge in [-0.3, -0.25) is 4.98 Å². The van der Waals surface area contributed by atoms with Gasteiger partial charge in [0.25, 0.3) is 0 Å². The maximum absolute atomic E-state index is 14.1. The first kappa shape index (κ1) is 12.9. The molecule has 2 aromatic rings. The Labute approximate surface area is 107 Å². The van der Waals surface area contributed by atoms with Crippen molar-refractivity contribution in [2.75, 3.05) is 0 Å². The fourth-order valence-electron chi connectivity index (χ4n) is 1.79. The number of aromatic nitrogens is 2. The van der Waals surface area contributed by atoms with Gasteiger partial charge in [0, 0.05) is 11.6 Å². The molecule has 1 aromatic carbocycles. The van der Waals surface area contributed by atoms with Crippen LogP contribution in [-0.4, -0.2) is 9.97 Å². The highest BCUT2D eigenvalue weighted by Gasteiger charge is 2.18. The molecule has 1 heterocycles. The molecular weight excluding hydrogens is 227 g/mol. The van der Waals surface area contributed by atoms with Gasteiger partial charge in [-0.15, -0.1) is 0 Å². The van der Waals surface area contributed by atoms with E-state index in [-0.39, 0.29) is 17.2 Å². The van der Waals surface area contributed by atoms with Gasteiger partial charge < -0.3 is 0 Å². The molecule has 0 aliphatic heterocycles. The molecule has 0 spiro atoms. The summed E-state index contributed by atoms with van der Waals surface area (Å²) >= 11 is 0. The van der Waals surface area contributed by atoms with E-state index in [0.29, 0.717) is 11.0 Å². The third-order valence-electron chi connectivity index (χ3n) is 3.06. The lowest BCUT2D eigenvalue weighted by atomic mass is 9.92. The molecule has 0 aliphatic carbocycles. The van der Waals surface area contributed by atoms with E-state index in [1.54, 1.807) is 12.3 Å². The zero-order valence-corrected chi connectivity index (χ0v) is 11.6. The van der Waals surface area contributed by atoms with E-state index >= 15 is 0 Å². The molecule has 96 valence electrons. The summed E-state index contributed by atoms with van der Waals surface area (Å²) in [6, 6.07) is 3.48. The van der Waals surface area contributed by atoms with Gasteiger partial charge in [-0.25, -0.2) is 9.37 Å². The van der Waals surface area contributed by atoms with Crippen LogP contribution in [0.3, 0.4) is 0 Å². The average molecular weight is 246 g/mol. The molecule has 0 fully saturated rings. The smallest absolute Gasteiger partial charge is 0.151 e.